The molecule has 0 saturated heterocycles. The lowest BCUT2D eigenvalue weighted by molar-refractivity contribution is 0.511. The highest BCUT2D eigenvalue weighted by Gasteiger charge is 2.13. The normalized spacial score (nSPS) is 10.6. The molecule has 0 aromatic heterocycles. The van der Waals surface area contributed by atoms with Gasteiger partial charge in [-0.25, -0.2) is 8.78 Å². The summed E-state index contributed by atoms with van der Waals surface area (Å²) in [6, 6.07) is 8.97. The Hall–Kier alpha value is -1.12. The second kappa shape index (κ2) is 5.03. The first-order valence-electron chi connectivity index (χ1n) is 4.92. The molecule has 0 aliphatic rings. The van der Waals surface area contributed by atoms with Gasteiger partial charge in [-0.15, -0.1) is 11.6 Å². The molecule has 0 radical (unpaired) electrons. The molecule has 0 heterocycles. The zero-order valence-corrected chi connectivity index (χ0v) is 10.2. The maximum atomic E-state index is 13.7. The summed E-state index contributed by atoms with van der Waals surface area (Å²) in [5.74, 6) is -1.56. The molecule has 0 atom stereocenters. The number of halogens is 4. The van der Waals surface area contributed by atoms with Gasteiger partial charge in [0.1, 0.15) is 0 Å². The van der Waals surface area contributed by atoms with Crippen molar-refractivity contribution in [3.63, 3.8) is 0 Å². The average Bonchev–Trinajstić information content (AvgIpc) is 2.33. The predicted octanol–water partition coefficient (Wildman–Crippen LogP) is 5.02. The van der Waals surface area contributed by atoms with Crippen molar-refractivity contribution in [3.05, 3.63) is 58.6 Å². The smallest absolute Gasteiger partial charge is 0.166 e. The van der Waals surface area contributed by atoms with E-state index in [1.807, 2.05) is 0 Å². The van der Waals surface area contributed by atoms with Crippen LogP contribution in [0.4, 0.5) is 8.78 Å². The Morgan fingerprint density at radius 1 is 1.00 bits per heavy atom. The Kier molecular flexibility index (Phi) is 3.65. The van der Waals surface area contributed by atoms with Gasteiger partial charge in [-0.2, -0.15) is 0 Å². The largest absolute Gasteiger partial charge is 0.204 e. The Morgan fingerprint density at radius 2 is 1.76 bits per heavy atom. The third kappa shape index (κ3) is 2.43. The van der Waals surface area contributed by atoms with Gasteiger partial charge >= 0.3 is 0 Å². The van der Waals surface area contributed by atoms with E-state index in [9.17, 15) is 8.78 Å². The van der Waals surface area contributed by atoms with Crippen LogP contribution in [-0.4, -0.2) is 0 Å². The maximum Gasteiger partial charge on any atom is 0.166 e. The van der Waals surface area contributed by atoms with Crippen LogP contribution in [0, 0.1) is 11.6 Å². The topological polar surface area (TPSA) is 0 Å². The zero-order chi connectivity index (χ0) is 12.4. The van der Waals surface area contributed by atoms with Crippen molar-refractivity contribution in [2.75, 3.05) is 0 Å². The molecular weight excluding hydrogens is 265 g/mol. The first kappa shape index (κ1) is 12.3. The number of alkyl halides is 1. The molecule has 0 amide bonds. The molecule has 0 fully saturated rings. The molecular formula is C13H8Cl2F2. The lowest BCUT2D eigenvalue weighted by Crippen LogP contribution is -1.92. The molecule has 0 N–H and O–H groups in total. The fourth-order valence-corrected chi connectivity index (χ4v) is 2.03. The van der Waals surface area contributed by atoms with E-state index in [0.29, 0.717) is 16.1 Å². The van der Waals surface area contributed by atoms with Gasteiger partial charge in [-0.05, 0) is 29.3 Å². The van der Waals surface area contributed by atoms with Gasteiger partial charge in [0.15, 0.2) is 11.6 Å². The summed E-state index contributed by atoms with van der Waals surface area (Å²) < 4.78 is 26.8. The van der Waals surface area contributed by atoms with Crippen LogP contribution in [0.1, 0.15) is 5.56 Å². The molecule has 2 rings (SSSR count). The molecule has 0 aliphatic carbocycles. The highest BCUT2D eigenvalue weighted by molar-refractivity contribution is 6.31. The Labute approximate surface area is 108 Å². The molecule has 4 heteroatoms. The number of hydrogen-bond acceptors (Lipinski definition) is 0. The summed E-state index contributed by atoms with van der Waals surface area (Å²) in [6.07, 6.45) is 0. The average molecular weight is 273 g/mol. The van der Waals surface area contributed by atoms with Gasteiger partial charge in [-0.3, -0.25) is 0 Å². The molecule has 0 saturated carbocycles. The van der Waals surface area contributed by atoms with E-state index in [-0.39, 0.29) is 11.4 Å². The number of hydrogen-bond donors (Lipinski definition) is 0. The summed E-state index contributed by atoms with van der Waals surface area (Å²) in [7, 11) is 0. The molecule has 88 valence electrons. The molecule has 0 nitrogen and oxygen atoms in total. The van der Waals surface area contributed by atoms with E-state index >= 15 is 0 Å². The van der Waals surface area contributed by atoms with Crippen molar-refractivity contribution in [3.8, 4) is 11.1 Å². The second-order valence-corrected chi connectivity index (χ2v) is 4.24. The van der Waals surface area contributed by atoms with Gasteiger partial charge in [-0.1, -0.05) is 29.8 Å². The van der Waals surface area contributed by atoms with Gasteiger partial charge in [0, 0.05) is 16.5 Å². The molecule has 17 heavy (non-hydrogen) atoms. The van der Waals surface area contributed by atoms with Crippen LogP contribution in [0.2, 0.25) is 5.02 Å². The minimum atomic E-state index is -0.888. The standard InChI is InChI=1S/C13H8Cl2F2/c14-7-8-4-5-9(15)6-11(8)10-2-1-3-12(16)13(10)17/h1-6H,7H2. The Morgan fingerprint density at radius 3 is 2.47 bits per heavy atom. The molecule has 0 unspecified atom stereocenters. The minimum Gasteiger partial charge on any atom is -0.204 e. The maximum absolute atomic E-state index is 13.7. The van der Waals surface area contributed by atoms with E-state index in [1.54, 1.807) is 18.2 Å². The highest BCUT2D eigenvalue weighted by Crippen LogP contribution is 2.30. The quantitative estimate of drug-likeness (QED) is 0.673. The molecule has 2 aromatic carbocycles. The Balaban J connectivity index is 2.67. The van der Waals surface area contributed by atoms with Crippen LogP contribution in [0.25, 0.3) is 11.1 Å². The number of benzene rings is 2. The van der Waals surface area contributed by atoms with Crippen LogP contribution in [0.15, 0.2) is 36.4 Å². The molecule has 0 spiro atoms. The van der Waals surface area contributed by atoms with E-state index in [2.05, 4.69) is 0 Å². The van der Waals surface area contributed by atoms with Crippen molar-refractivity contribution in [2.45, 2.75) is 5.88 Å². The van der Waals surface area contributed by atoms with E-state index in [0.717, 1.165) is 6.07 Å². The van der Waals surface area contributed by atoms with Crippen molar-refractivity contribution in [1.82, 2.24) is 0 Å². The SMILES string of the molecule is Fc1cccc(-c2cc(Cl)ccc2CCl)c1F. The first-order chi connectivity index (χ1) is 8.13. The first-order valence-corrected chi connectivity index (χ1v) is 5.83. The molecule has 2 aromatic rings. The minimum absolute atomic E-state index is 0.170. The van der Waals surface area contributed by atoms with Crippen molar-refractivity contribution in [2.24, 2.45) is 0 Å². The van der Waals surface area contributed by atoms with Gasteiger partial charge in [0.2, 0.25) is 0 Å². The second-order valence-electron chi connectivity index (χ2n) is 3.54. The van der Waals surface area contributed by atoms with Gasteiger partial charge in [0.05, 0.1) is 0 Å². The van der Waals surface area contributed by atoms with Crippen molar-refractivity contribution in [1.29, 1.82) is 0 Å². The summed E-state index contributed by atoms with van der Waals surface area (Å²) in [5, 5.41) is 0.456. The van der Waals surface area contributed by atoms with Gasteiger partial charge < -0.3 is 0 Å². The highest BCUT2D eigenvalue weighted by atomic mass is 35.5. The summed E-state index contributed by atoms with van der Waals surface area (Å²) in [5.41, 5.74) is 1.40. The third-order valence-corrected chi connectivity index (χ3v) is 2.98. The monoisotopic (exact) mass is 272 g/mol. The molecule has 0 aliphatic heterocycles. The van der Waals surface area contributed by atoms with E-state index in [4.69, 9.17) is 23.2 Å². The van der Waals surface area contributed by atoms with Crippen LogP contribution in [0.5, 0.6) is 0 Å². The lowest BCUT2D eigenvalue weighted by atomic mass is 10.00. The lowest BCUT2D eigenvalue weighted by Gasteiger charge is -2.09. The van der Waals surface area contributed by atoms with E-state index < -0.39 is 11.6 Å². The van der Waals surface area contributed by atoms with E-state index in [1.165, 1.54) is 12.1 Å². The molecule has 0 bridgehead atoms. The van der Waals surface area contributed by atoms with Crippen LogP contribution < -0.4 is 0 Å². The van der Waals surface area contributed by atoms with Crippen LogP contribution in [0.3, 0.4) is 0 Å². The van der Waals surface area contributed by atoms with Crippen molar-refractivity contribution < 1.29 is 8.78 Å². The van der Waals surface area contributed by atoms with Crippen LogP contribution in [-0.2, 0) is 5.88 Å². The fraction of sp³-hybridized carbons (Fsp3) is 0.0769. The number of rotatable bonds is 2. The van der Waals surface area contributed by atoms with Crippen LogP contribution >= 0.6 is 23.2 Å². The third-order valence-electron chi connectivity index (χ3n) is 2.46. The Bertz CT molecular complexity index is 553. The van der Waals surface area contributed by atoms with Crippen molar-refractivity contribution >= 4 is 23.2 Å². The summed E-state index contributed by atoms with van der Waals surface area (Å²) in [4.78, 5) is 0. The van der Waals surface area contributed by atoms with Gasteiger partial charge in [0.25, 0.3) is 0 Å². The summed E-state index contributed by atoms with van der Waals surface area (Å²) in [6.45, 7) is 0. The summed E-state index contributed by atoms with van der Waals surface area (Å²) >= 11 is 11.6. The predicted molar refractivity (Wildman–Crippen MR) is 66.4 cm³/mol. The fourth-order valence-electron chi connectivity index (χ4n) is 1.63. The zero-order valence-electron chi connectivity index (χ0n) is 8.68.